The summed E-state index contributed by atoms with van der Waals surface area (Å²) in [5.74, 6) is 0. The molecule has 54 valence electrons. The van der Waals surface area contributed by atoms with E-state index < -0.39 is 0 Å². The van der Waals surface area contributed by atoms with Gasteiger partial charge in [-0.2, -0.15) is 0 Å². The highest BCUT2D eigenvalue weighted by molar-refractivity contribution is 5.07. The van der Waals surface area contributed by atoms with Crippen LogP contribution in [0.15, 0.2) is 11.3 Å². The van der Waals surface area contributed by atoms with Crippen LogP contribution in [0.1, 0.15) is 40.0 Å². The number of hydrogen-bond acceptors (Lipinski definition) is 1. The summed E-state index contributed by atoms with van der Waals surface area (Å²) in [7, 11) is 0. The van der Waals surface area contributed by atoms with E-state index in [4.69, 9.17) is 5.73 Å². The van der Waals surface area contributed by atoms with Gasteiger partial charge in [0.1, 0.15) is 0 Å². The number of hydrogen-bond donors (Lipinski definition) is 1. The van der Waals surface area contributed by atoms with Crippen molar-refractivity contribution in [3.63, 3.8) is 0 Å². The number of rotatable bonds is 3. The van der Waals surface area contributed by atoms with Crippen LogP contribution in [0.25, 0.3) is 0 Å². The summed E-state index contributed by atoms with van der Waals surface area (Å²) in [6, 6.07) is 0. The lowest BCUT2D eigenvalue weighted by Gasteiger charge is -2.03. The fraction of sp³-hybridized carbons (Fsp3) is 0.750. The molecule has 0 aromatic rings. The highest BCUT2D eigenvalue weighted by atomic mass is 14.6. The first-order chi connectivity index (χ1) is 4.22. The van der Waals surface area contributed by atoms with Gasteiger partial charge in [0.15, 0.2) is 0 Å². The molecule has 0 saturated carbocycles. The van der Waals surface area contributed by atoms with Crippen molar-refractivity contribution in [2.24, 2.45) is 5.73 Å². The third kappa shape index (κ3) is 3.17. The normalized spacial score (nSPS) is 13.2. The summed E-state index contributed by atoms with van der Waals surface area (Å²) in [4.78, 5) is 0. The predicted molar refractivity (Wildman–Crippen MR) is 42.1 cm³/mol. The molecule has 9 heavy (non-hydrogen) atoms. The zero-order chi connectivity index (χ0) is 7.28. The molecule has 0 atom stereocenters. The minimum absolute atomic E-state index is 1.01. The Morgan fingerprint density at radius 1 is 1.33 bits per heavy atom. The zero-order valence-corrected chi connectivity index (χ0v) is 6.70. The Balaban J connectivity index is 3.83. The van der Waals surface area contributed by atoms with Crippen molar-refractivity contribution in [1.29, 1.82) is 0 Å². The van der Waals surface area contributed by atoms with Crippen molar-refractivity contribution in [1.82, 2.24) is 0 Å². The molecule has 0 spiro atoms. The second-order valence-electron chi connectivity index (χ2n) is 2.39. The third-order valence-electron chi connectivity index (χ3n) is 1.54. The van der Waals surface area contributed by atoms with E-state index in [9.17, 15) is 0 Å². The van der Waals surface area contributed by atoms with E-state index in [-0.39, 0.29) is 0 Å². The lowest BCUT2D eigenvalue weighted by molar-refractivity contribution is 0.838. The molecule has 1 nitrogen and oxygen atoms in total. The van der Waals surface area contributed by atoms with E-state index in [1.165, 1.54) is 18.4 Å². The smallest absolute Gasteiger partial charge is 0.00406 e. The Morgan fingerprint density at radius 2 is 1.89 bits per heavy atom. The van der Waals surface area contributed by atoms with Crippen LogP contribution < -0.4 is 5.73 Å². The van der Waals surface area contributed by atoms with E-state index in [0.29, 0.717) is 0 Å². The highest BCUT2D eigenvalue weighted by Gasteiger charge is 1.93. The first kappa shape index (κ1) is 8.54. The van der Waals surface area contributed by atoms with Crippen LogP contribution in [-0.4, -0.2) is 0 Å². The van der Waals surface area contributed by atoms with Crippen LogP contribution >= 0.6 is 0 Å². The molecule has 0 aromatic carbocycles. The van der Waals surface area contributed by atoms with Gasteiger partial charge in [0.2, 0.25) is 0 Å². The lowest BCUT2D eigenvalue weighted by Crippen LogP contribution is -1.97. The van der Waals surface area contributed by atoms with Gasteiger partial charge >= 0.3 is 0 Å². The molecule has 0 amide bonds. The summed E-state index contributed by atoms with van der Waals surface area (Å²) >= 11 is 0. The van der Waals surface area contributed by atoms with Gasteiger partial charge in [-0.3, -0.25) is 0 Å². The summed E-state index contributed by atoms with van der Waals surface area (Å²) in [5, 5.41) is 0. The molecule has 1 heteroatoms. The predicted octanol–water partition coefficient (Wildman–Crippen LogP) is 2.43. The van der Waals surface area contributed by atoms with Crippen molar-refractivity contribution < 1.29 is 0 Å². The van der Waals surface area contributed by atoms with Crippen molar-refractivity contribution >= 4 is 0 Å². The Kier molecular flexibility index (Phi) is 4.20. The SMILES string of the molecule is CCC/C(CC)=C(/C)N. The van der Waals surface area contributed by atoms with E-state index >= 15 is 0 Å². The van der Waals surface area contributed by atoms with Gasteiger partial charge in [0.05, 0.1) is 0 Å². The average molecular weight is 127 g/mol. The zero-order valence-electron chi connectivity index (χ0n) is 6.70. The topological polar surface area (TPSA) is 26.0 Å². The molecule has 0 radical (unpaired) electrons. The molecule has 0 unspecified atom stereocenters. The molecule has 0 fully saturated rings. The summed E-state index contributed by atoms with van der Waals surface area (Å²) in [6.07, 6.45) is 3.48. The summed E-state index contributed by atoms with van der Waals surface area (Å²) in [6.45, 7) is 6.31. The largest absolute Gasteiger partial charge is 0.402 e. The molecular weight excluding hydrogens is 110 g/mol. The van der Waals surface area contributed by atoms with E-state index in [1.807, 2.05) is 6.92 Å². The fourth-order valence-corrected chi connectivity index (χ4v) is 0.955. The van der Waals surface area contributed by atoms with Gasteiger partial charge in [-0.05, 0) is 19.8 Å². The Bertz CT molecular complexity index is 99.1. The molecule has 0 aliphatic rings. The van der Waals surface area contributed by atoms with Gasteiger partial charge < -0.3 is 5.73 Å². The standard InChI is InChI=1S/C8H17N/c1-4-6-8(5-2)7(3)9/h4-6,9H2,1-3H3/b8-7-. The van der Waals surface area contributed by atoms with Gasteiger partial charge in [-0.15, -0.1) is 0 Å². The Morgan fingerprint density at radius 3 is 2.00 bits per heavy atom. The second-order valence-corrected chi connectivity index (χ2v) is 2.39. The number of nitrogens with two attached hydrogens (primary N) is 1. The summed E-state index contributed by atoms with van der Waals surface area (Å²) in [5.41, 5.74) is 8.04. The monoisotopic (exact) mass is 127 g/mol. The van der Waals surface area contributed by atoms with Gasteiger partial charge in [-0.25, -0.2) is 0 Å². The second kappa shape index (κ2) is 4.42. The maximum absolute atomic E-state index is 5.61. The van der Waals surface area contributed by atoms with Crippen molar-refractivity contribution in [2.45, 2.75) is 40.0 Å². The lowest BCUT2D eigenvalue weighted by atomic mass is 10.1. The van der Waals surface area contributed by atoms with Gasteiger partial charge in [0.25, 0.3) is 0 Å². The first-order valence-corrected chi connectivity index (χ1v) is 3.66. The Labute approximate surface area is 57.9 Å². The molecule has 2 N–H and O–H groups in total. The molecule has 0 aromatic heterocycles. The minimum atomic E-state index is 1.01. The van der Waals surface area contributed by atoms with Crippen LogP contribution in [0.5, 0.6) is 0 Å². The van der Waals surface area contributed by atoms with Crippen LogP contribution in [0, 0.1) is 0 Å². The van der Waals surface area contributed by atoms with Crippen LogP contribution in [0.3, 0.4) is 0 Å². The van der Waals surface area contributed by atoms with Gasteiger partial charge in [-0.1, -0.05) is 25.8 Å². The fourth-order valence-electron chi connectivity index (χ4n) is 0.955. The van der Waals surface area contributed by atoms with Crippen molar-refractivity contribution in [3.05, 3.63) is 11.3 Å². The number of allylic oxidation sites excluding steroid dienone is 2. The van der Waals surface area contributed by atoms with Crippen molar-refractivity contribution in [3.8, 4) is 0 Å². The van der Waals surface area contributed by atoms with E-state index in [0.717, 1.165) is 12.1 Å². The van der Waals surface area contributed by atoms with Crippen LogP contribution in [0.4, 0.5) is 0 Å². The van der Waals surface area contributed by atoms with Crippen LogP contribution in [-0.2, 0) is 0 Å². The minimum Gasteiger partial charge on any atom is -0.402 e. The van der Waals surface area contributed by atoms with E-state index in [2.05, 4.69) is 13.8 Å². The molecule has 0 aliphatic carbocycles. The van der Waals surface area contributed by atoms with E-state index in [1.54, 1.807) is 0 Å². The first-order valence-electron chi connectivity index (χ1n) is 3.66. The highest BCUT2D eigenvalue weighted by Crippen LogP contribution is 2.10. The summed E-state index contributed by atoms with van der Waals surface area (Å²) < 4.78 is 0. The molecule has 0 saturated heterocycles. The molecule has 0 bridgehead atoms. The Hall–Kier alpha value is -0.460. The van der Waals surface area contributed by atoms with Gasteiger partial charge in [0, 0.05) is 5.70 Å². The molecule has 0 rings (SSSR count). The van der Waals surface area contributed by atoms with Crippen LogP contribution in [0.2, 0.25) is 0 Å². The third-order valence-corrected chi connectivity index (χ3v) is 1.54. The quantitative estimate of drug-likeness (QED) is 0.619. The average Bonchev–Trinajstić information content (AvgIpc) is 1.82. The molecular formula is C8H17N. The molecule has 0 aliphatic heterocycles. The maximum atomic E-state index is 5.61. The maximum Gasteiger partial charge on any atom is 0.00406 e. The molecule has 0 heterocycles. The van der Waals surface area contributed by atoms with Crippen molar-refractivity contribution in [2.75, 3.05) is 0 Å².